The lowest BCUT2D eigenvalue weighted by Crippen LogP contribution is -1.90. The number of aromatic nitrogens is 5. The second-order valence-corrected chi connectivity index (χ2v) is 4.88. The Morgan fingerprint density at radius 1 is 1.32 bits per heavy atom. The van der Waals surface area contributed by atoms with Crippen LogP contribution in [0.15, 0.2) is 33.4 Å². The van der Waals surface area contributed by atoms with E-state index in [9.17, 15) is 0 Å². The van der Waals surface area contributed by atoms with Gasteiger partial charge in [-0.3, -0.25) is 0 Å². The number of hydrogen-bond acceptors (Lipinski definition) is 7. The van der Waals surface area contributed by atoms with Crippen molar-refractivity contribution >= 4 is 16.3 Å². The van der Waals surface area contributed by atoms with E-state index in [1.807, 2.05) is 19.1 Å². The summed E-state index contributed by atoms with van der Waals surface area (Å²) in [5.41, 5.74) is 0.612. The highest BCUT2D eigenvalue weighted by Gasteiger charge is 2.17. The Bertz CT molecular complexity index is 842. The van der Waals surface area contributed by atoms with Gasteiger partial charge < -0.3 is 8.94 Å². The van der Waals surface area contributed by atoms with Crippen molar-refractivity contribution in [1.29, 1.82) is 0 Å². The molecule has 0 atom stereocenters. The molecule has 0 aliphatic carbocycles. The van der Waals surface area contributed by atoms with Crippen LogP contribution in [0.3, 0.4) is 0 Å². The van der Waals surface area contributed by atoms with E-state index in [1.165, 1.54) is 11.3 Å². The zero-order chi connectivity index (χ0) is 12.8. The summed E-state index contributed by atoms with van der Waals surface area (Å²) in [4.78, 5) is 0.682. The molecule has 4 aromatic heterocycles. The zero-order valence-corrected chi connectivity index (χ0v) is 10.6. The molecular weight excluding hydrogens is 266 g/mol. The number of nitrogens with zero attached hydrogens (tertiary/aromatic N) is 5. The highest BCUT2D eigenvalue weighted by atomic mass is 32.1. The van der Waals surface area contributed by atoms with E-state index in [0.29, 0.717) is 28.0 Å². The predicted molar refractivity (Wildman–Crippen MR) is 66.6 cm³/mol. The maximum absolute atomic E-state index is 5.32. The quantitative estimate of drug-likeness (QED) is 0.557. The SMILES string of the molecule is Cc1cc(-c2nnc3sc(-c4ccco4)nn23)no1. The molecule has 0 aliphatic rings. The molecule has 0 spiro atoms. The van der Waals surface area contributed by atoms with Crippen LogP contribution in [0, 0.1) is 6.92 Å². The molecule has 0 unspecified atom stereocenters. The van der Waals surface area contributed by atoms with E-state index in [0.717, 1.165) is 5.01 Å². The lowest BCUT2D eigenvalue weighted by atomic mass is 10.4. The second-order valence-electron chi connectivity index (χ2n) is 3.93. The molecule has 4 aromatic rings. The first-order valence-corrected chi connectivity index (χ1v) is 6.33. The number of rotatable bonds is 2. The largest absolute Gasteiger partial charge is 0.462 e. The van der Waals surface area contributed by atoms with Gasteiger partial charge in [0.1, 0.15) is 5.76 Å². The molecule has 0 bridgehead atoms. The summed E-state index contributed by atoms with van der Waals surface area (Å²) in [5.74, 6) is 1.98. The minimum absolute atomic E-state index is 0.556. The van der Waals surface area contributed by atoms with Crippen LogP contribution in [-0.4, -0.2) is 25.0 Å². The van der Waals surface area contributed by atoms with Crippen LogP contribution in [0.5, 0.6) is 0 Å². The van der Waals surface area contributed by atoms with Gasteiger partial charge in [-0.05, 0) is 19.1 Å². The smallest absolute Gasteiger partial charge is 0.235 e. The van der Waals surface area contributed by atoms with Gasteiger partial charge in [0.15, 0.2) is 16.5 Å². The fourth-order valence-corrected chi connectivity index (χ4v) is 2.56. The highest BCUT2D eigenvalue weighted by Crippen LogP contribution is 2.27. The van der Waals surface area contributed by atoms with Crippen molar-refractivity contribution in [3.05, 3.63) is 30.2 Å². The number of fused-ring (bicyclic) bond motifs is 1. The topological polar surface area (TPSA) is 82.2 Å². The second kappa shape index (κ2) is 3.75. The van der Waals surface area contributed by atoms with E-state index >= 15 is 0 Å². The summed E-state index contributed by atoms with van der Waals surface area (Å²) in [6.07, 6.45) is 1.61. The molecule has 0 saturated carbocycles. The molecule has 0 fully saturated rings. The maximum Gasteiger partial charge on any atom is 0.235 e. The van der Waals surface area contributed by atoms with Crippen LogP contribution < -0.4 is 0 Å². The van der Waals surface area contributed by atoms with Gasteiger partial charge in [-0.1, -0.05) is 16.5 Å². The molecule has 0 N–H and O–H groups in total. The monoisotopic (exact) mass is 273 g/mol. The Morgan fingerprint density at radius 2 is 2.26 bits per heavy atom. The van der Waals surface area contributed by atoms with E-state index in [4.69, 9.17) is 8.94 Å². The van der Waals surface area contributed by atoms with Crippen LogP contribution in [0.1, 0.15) is 5.76 Å². The van der Waals surface area contributed by atoms with Gasteiger partial charge in [0.2, 0.25) is 10.8 Å². The summed E-state index contributed by atoms with van der Waals surface area (Å²) in [5, 5.41) is 17.3. The Hall–Kier alpha value is -2.48. The standard InChI is InChI=1S/C11H7N5O2S/c1-6-5-7(15-18-6)9-12-13-11-16(9)14-10(19-11)8-3-2-4-17-8/h2-5H,1H3. The summed E-state index contributed by atoms with van der Waals surface area (Å²) >= 11 is 1.40. The molecular formula is C11H7N5O2S. The van der Waals surface area contributed by atoms with Crippen LogP contribution in [0.4, 0.5) is 0 Å². The van der Waals surface area contributed by atoms with Crippen LogP contribution >= 0.6 is 11.3 Å². The molecule has 0 aliphatic heterocycles. The van der Waals surface area contributed by atoms with E-state index in [1.54, 1.807) is 16.8 Å². The molecule has 94 valence electrons. The highest BCUT2D eigenvalue weighted by molar-refractivity contribution is 7.19. The Balaban J connectivity index is 1.89. The fourth-order valence-electron chi connectivity index (χ4n) is 1.75. The van der Waals surface area contributed by atoms with Crippen LogP contribution in [0.25, 0.3) is 27.2 Å². The molecule has 7 nitrogen and oxygen atoms in total. The van der Waals surface area contributed by atoms with Crippen molar-refractivity contribution in [2.75, 3.05) is 0 Å². The van der Waals surface area contributed by atoms with E-state index in [-0.39, 0.29) is 0 Å². The summed E-state index contributed by atoms with van der Waals surface area (Å²) < 4.78 is 12.0. The van der Waals surface area contributed by atoms with Crippen molar-refractivity contribution in [1.82, 2.24) is 25.0 Å². The zero-order valence-electron chi connectivity index (χ0n) is 9.77. The first kappa shape index (κ1) is 10.4. The minimum atomic E-state index is 0.556. The number of furan rings is 1. The normalized spacial score (nSPS) is 11.4. The molecule has 4 heterocycles. The first-order valence-electron chi connectivity index (χ1n) is 5.51. The van der Waals surface area contributed by atoms with Crippen LogP contribution in [-0.2, 0) is 0 Å². The van der Waals surface area contributed by atoms with Gasteiger partial charge in [-0.15, -0.1) is 15.3 Å². The van der Waals surface area contributed by atoms with Gasteiger partial charge in [-0.2, -0.15) is 4.52 Å². The molecule has 19 heavy (non-hydrogen) atoms. The lowest BCUT2D eigenvalue weighted by Gasteiger charge is -1.88. The lowest BCUT2D eigenvalue weighted by molar-refractivity contribution is 0.399. The fraction of sp³-hybridized carbons (Fsp3) is 0.0909. The van der Waals surface area contributed by atoms with Crippen molar-refractivity contribution in [2.45, 2.75) is 6.92 Å². The Morgan fingerprint density at radius 3 is 3.00 bits per heavy atom. The number of hydrogen-bond donors (Lipinski definition) is 0. The van der Waals surface area contributed by atoms with Gasteiger partial charge in [0.25, 0.3) is 0 Å². The summed E-state index contributed by atoms with van der Waals surface area (Å²) in [6, 6.07) is 5.47. The first-order chi connectivity index (χ1) is 9.31. The molecule has 8 heteroatoms. The van der Waals surface area contributed by atoms with Gasteiger partial charge in [0, 0.05) is 6.07 Å². The minimum Gasteiger partial charge on any atom is -0.462 e. The average Bonchev–Trinajstić information content (AvgIpc) is 3.11. The van der Waals surface area contributed by atoms with Gasteiger partial charge >= 0.3 is 0 Å². The Kier molecular flexibility index (Phi) is 2.06. The van der Waals surface area contributed by atoms with E-state index in [2.05, 4.69) is 20.5 Å². The average molecular weight is 273 g/mol. The maximum atomic E-state index is 5.32. The Labute approximate surface area is 110 Å². The third-order valence-electron chi connectivity index (χ3n) is 2.58. The number of aryl methyl sites for hydroxylation is 1. The summed E-state index contributed by atoms with van der Waals surface area (Å²) in [6.45, 7) is 1.82. The van der Waals surface area contributed by atoms with Gasteiger partial charge in [0.05, 0.1) is 6.26 Å². The molecule has 0 amide bonds. The molecule has 4 rings (SSSR count). The molecule has 0 radical (unpaired) electrons. The third kappa shape index (κ3) is 1.57. The predicted octanol–water partition coefficient (Wildman–Crippen LogP) is 2.41. The van der Waals surface area contributed by atoms with E-state index < -0.39 is 0 Å². The van der Waals surface area contributed by atoms with Crippen molar-refractivity contribution in [2.24, 2.45) is 0 Å². The third-order valence-corrected chi connectivity index (χ3v) is 3.49. The van der Waals surface area contributed by atoms with Gasteiger partial charge in [-0.25, -0.2) is 0 Å². The molecule has 0 saturated heterocycles. The van der Waals surface area contributed by atoms with Crippen molar-refractivity contribution in [3.63, 3.8) is 0 Å². The van der Waals surface area contributed by atoms with Crippen molar-refractivity contribution < 1.29 is 8.94 Å². The van der Waals surface area contributed by atoms with Crippen LogP contribution in [0.2, 0.25) is 0 Å². The summed E-state index contributed by atoms with van der Waals surface area (Å²) in [7, 11) is 0. The van der Waals surface area contributed by atoms with Crippen molar-refractivity contribution in [3.8, 4) is 22.3 Å². The molecule has 0 aromatic carbocycles.